The molecular weight excluding hydrogens is 266 g/mol. The fourth-order valence-electron chi connectivity index (χ4n) is 3.17. The number of carboxylic acids is 1. The number of aromatic nitrogens is 2. The molecule has 3 rings (SSSR count). The summed E-state index contributed by atoms with van der Waals surface area (Å²) in [6.07, 6.45) is 1.74. The molecule has 1 saturated heterocycles. The normalized spacial score (nSPS) is 20.0. The SMILES string of the molecule is CCn1nc(CN2CCCC(C(=O)O)C2)c2ccccc21. The number of hydrogen-bond donors (Lipinski definition) is 1. The van der Waals surface area contributed by atoms with Gasteiger partial charge in [0, 0.05) is 25.0 Å². The first-order valence-corrected chi connectivity index (χ1v) is 7.58. The van der Waals surface area contributed by atoms with Crippen LogP contribution >= 0.6 is 0 Å². The molecule has 0 amide bonds. The smallest absolute Gasteiger partial charge is 0.307 e. The molecule has 1 aromatic carbocycles. The third kappa shape index (κ3) is 2.78. The number of rotatable bonds is 4. The average Bonchev–Trinajstić information content (AvgIpc) is 2.86. The van der Waals surface area contributed by atoms with Gasteiger partial charge in [-0.3, -0.25) is 14.4 Å². The van der Waals surface area contributed by atoms with Crippen LogP contribution in [0.4, 0.5) is 0 Å². The molecule has 0 bridgehead atoms. The molecule has 0 radical (unpaired) electrons. The molecule has 0 saturated carbocycles. The van der Waals surface area contributed by atoms with E-state index in [1.165, 1.54) is 5.39 Å². The lowest BCUT2D eigenvalue weighted by atomic mass is 9.98. The minimum Gasteiger partial charge on any atom is -0.481 e. The number of likely N-dealkylation sites (tertiary alicyclic amines) is 1. The Bertz CT molecular complexity index is 650. The van der Waals surface area contributed by atoms with Gasteiger partial charge in [0.2, 0.25) is 0 Å². The first kappa shape index (κ1) is 14.1. The largest absolute Gasteiger partial charge is 0.481 e. The van der Waals surface area contributed by atoms with Gasteiger partial charge in [0.1, 0.15) is 0 Å². The molecule has 0 spiro atoms. The maximum atomic E-state index is 11.2. The van der Waals surface area contributed by atoms with Gasteiger partial charge in [-0.2, -0.15) is 5.10 Å². The van der Waals surface area contributed by atoms with Gasteiger partial charge in [-0.1, -0.05) is 18.2 Å². The minimum absolute atomic E-state index is 0.238. The fraction of sp³-hybridized carbons (Fsp3) is 0.500. The Morgan fingerprint density at radius 3 is 3.00 bits per heavy atom. The summed E-state index contributed by atoms with van der Waals surface area (Å²) in [7, 11) is 0. The lowest BCUT2D eigenvalue weighted by molar-refractivity contribution is -0.143. The topological polar surface area (TPSA) is 58.4 Å². The van der Waals surface area contributed by atoms with Gasteiger partial charge in [-0.15, -0.1) is 0 Å². The summed E-state index contributed by atoms with van der Waals surface area (Å²) in [6.45, 7) is 5.25. The van der Waals surface area contributed by atoms with Crippen LogP contribution in [0.25, 0.3) is 10.9 Å². The molecule has 1 atom stereocenters. The van der Waals surface area contributed by atoms with E-state index in [-0.39, 0.29) is 5.92 Å². The monoisotopic (exact) mass is 287 g/mol. The van der Waals surface area contributed by atoms with Crippen molar-refractivity contribution in [1.29, 1.82) is 0 Å². The van der Waals surface area contributed by atoms with Crippen LogP contribution < -0.4 is 0 Å². The van der Waals surface area contributed by atoms with Crippen molar-refractivity contribution in [2.75, 3.05) is 13.1 Å². The Morgan fingerprint density at radius 2 is 2.24 bits per heavy atom. The highest BCUT2D eigenvalue weighted by Crippen LogP contribution is 2.23. The van der Waals surface area contributed by atoms with Gasteiger partial charge < -0.3 is 5.11 Å². The molecule has 1 aliphatic heterocycles. The zero-order chi connectivity index (χ0) is 14.8. The first-order chi connectivity index (χ1) is 10.2. The lowest BCUT2D eigenvalue weighted by Gasteiger charge is -2.30. The summed E-state index contributed by atoms with van der Waals surface area (Å²) in [5, 5.41) is 15.1. The van der Waals surface area contributed by atoms with Gasteiger partial charge in [-0.25, -0.2) is 0 Å². The van der Waals surface area contributed by atoms with Gasteiger partial charge in [-0.05, 0) is 32.4 Å². The number of nitrogens with zero attached hydrogens (tertiary/aromatic N) is 3. The summed E-state index contributed by atoms with van der Waals surface area (Å²) in [6, 6.07) is 8.25. The molecular formula is C16H21N3O2. The van der Waals surface area contributed by atoms with Crippen molar-refractivity contribution in [3.05, 3.63) is 30.0 Å². The highest BCUT2D eigenvalue weighted by molar-refractivity contribution is 5.81. The highest BCUT2D eigenvalue weighted by atomic mass is 16.4. The van der Waals surface area contributed by atoms with Crippen LogP contribution in [0.3, 0.4) is 0 Å². The Morgan fingerprint density at radius 1 is 1.43 bits per heavy atom. The third-order valence-corrected chi connectivity index (χ3v) is 4.26. The number of benzene rings is 1. The van der Waals surface area contributed by atoms with E-state index in [1.807, 2.05) is 16.8 Å². The van der Waals surface area contributed by atoms with Crippen LogP contribution in [-0.2, 0) is 17.9 Å². The number of aliphatic carboxylic acids is 1. The van der Waals surface area contributed by atoms with Crippen LogP contribution in [0.15, 0.2) is 24.3 Å². The second kappa shape index (κ2) is 5.85. The fourth-order valence-corrected chi connectivity index (χ4v) is 3.17. The number of para-hydroxylation sites is 1. The van der Waals surface area contributed by atoms with E-state index >= 15 is 0 Å². The molecule has 1 aliphatic rings. The summed E-state index contributed by atoms with van der Waals surface area (Å²) < 4.78 is 2.02. The van der Waals surface area contributed by atoms with Crippen molar-refractivity contribution in [3.8, 4) is 0 Å². The highest BCUT2D eigenvalue weighted by Gasteiger charge is 2.26. The molecule has 5 heteroatoms. The number of carboxylic acid groups (broad SMARTS) is 1. The summed E-state index contributed by atoms with van der Waals surface area (Å²) in [4.78, 5) is 13.4. The molecule has 1 fully saturated rings. The average molecular weight is 287 g/mol. The molecule has 1 unspecified atom stereocenters. The Labute approximate surface area is 124 Å². The van der Waals surface area contributed by atoms with Gasteiger partial charge in [0.05, 0.1) is 17.1 Å². The summed E-state index contributed by atoms with van der Waals surface area (Å²) in [5.74, 6) is -0.915. The van der Waals surface area contributed by atoms with E-state index in [9.17, 15) is 9.90 Å². The number of piperidine rings is 1. The molecule has 1 aromatic heterocycles. The van der Waals surface area contributed by atoms with Crippen LogP contribution in [0, 0.1) is 5.92 Å². The van der Waals surface area contributed by atoms with E-state index in [0.717, 1.165) is 43.7 Å². The van der Waals surface area contributed by atoms with Crippen LogP contribution in [0.5, 0.6) is 0 Å². The Balaban J connectivity index is 1.83. The molecule has 2 heterocycles. The van der Waals surface area contributed by atoms with Crippen molar-refractivity contribution < 1.29 is 9.90 Å². The summed E-state index contributed by atoms with van der Waals surface area (Å²) in [5.41, 5.74) is 2.21. The number of hydrogen-bond acceptors (Lipinski definition) is 3. The van der Waals surface area contributed by atoms with E-state index in [1.54, 1.807) is 0 Å². The van der Waals surface area contributed by atoms with Crippen molar-refractivity contribution in [2.45, 2.75) is 32.9 Å². The van der Waals surface area contributed by atoms with Crippen molar-refractivity contribution in [3.63, 3.8) is 0 Å². The maximum Gasteiger partial charge on any atom is 0.307 e. The molecule has 2 aromatic rings. The van der Waals surface area contributed by atoms with E-state index < -0.39 is 5.97 Å². The predicted octanol–water partition coefficient (Wildman–Crippen LogP) is 2.35. The van der Waals surface area contributed by atoms with Crippen molar-refractivity contribution >= 4 is 16.9 Å². The predicted molar refractivity (Wildman–Crippen MR) is 81.0 cm³/mol. The van der Waals surface area contributed by atoms with Crippen molar-refractivity contribution in [2.24, 2.45) is 5.92 Å². The maximum absolute atomic E-state index is 11.2. The van der Waals surface area contributed by atoms with E-state index in [2.05, 4.69) is 24.0 Å². The Kier molecular flexibility index (Phi) is 3.92. The zero-order valence-corrected chi connectivity index (χ0v) is 12.3. The Hall–Kier alpha value is -1.88. The molecule has 21 heavy (non-hydrogen) atoms. The number of carbonyl (C=O) groups is 1. The lowest BCUT2D eigenvalue weighted by Crippen LogP contribution is -2.38. The molecule has 0 aliphatic carbocycles. The summed E-state index contributed by atoms with van der Waals surface area (Å²) >= 11 is 0. The number of aryl methyl sites for hydroxylation is 1. The van der Waals surface area contributed by atoms with Gasteiger partial charge in [0.15, 0.2) is 0 Å². The van der Waals surface area contributed by atoms with Crippen LogP contribution in [-0.4, -0.2) is 38.8 Å². The van der Waals surface area contributed by atoms with Crippen LogP contribution in [0.1, 0.15) is 25.5 Å². The van der Waals surface area contributed by atoms with E-state index in [0.29, 0.717) is 6.54 Å². The minimum atomic E-state index is -0.677. The van der Waals surface area contributed by atoms with E-state index in [4.69, 9.17) is 5.10 Å². The van der Waals surface area contributed by atoms with Crippen molar-refractivity contribution in [1.82, 2.24) is 14.7 Å². The third-order valence-electron chi connectivity index (χ3n) is 4.26. The van der Waals surface area contributed by atoms with Gasteiger partial charge in [0.25, 0.3) is 0 Å². The van der Waals surface area contributed by atoms with Gasteiger partial charge >= 0.3 is 5.97 Å². The molecule has 1 N–H and O–H groups in total. The standard InChI is InChI=1S/C16H21N3O2/c1-2-19-15-8-4-3-7-13(15)14(17-19)11-18-9-5-6-12(10-18)16(20)21/h3-4,7-8,12H,2,5-6,9-11H2,1H3,(H,20,21). The zero-order valence-electron chi connectivity index (χ0n) is 12.3. The molecule has 5 nitrogen and oxygen atoms in total. The quantitative estimate of drug-likeness (QED) is 0.938. The second-order valence-electron chi connectivity index (χ2n) is 5.69. The second-order valence-corrected chi connectivity index (χ2v) is 5.69. The van der Waals surface area contributed by atoms with Crippen LogP contribution in [0.2, 0.25) is 0 Å². The molecule has 112 valence electrons. The number of fused-ring (bicyclic) bond motifs is 1. The first-order valence-electron chi connectivity index (χ1n) is 7.58.